The van der Waals surface area contributed by atoms with Crippen molar-refractivity contribution in [3.63, 3.8) is 0 Å². The molecule has 0 fully saturated rings. The molecule has 0 aliphatic heterocycles. The van der Waals surface area contributed by atoms with Gasteiger partial charge in [0.2, 0.25) is 5.91 Å². The first-order valence-electron chi connectivity index (χ1n) is 6.77. The second-order valence-electron chi connectivity index (χ2n) is 4.63. The molecule has 2 aromatic rings. The van der Waals surface area contributed by atoms with E-state index in [1.165, 1.54) is 0 Å². The van der Waals surface area contributed by atoms with E-state index in [0.29, 0.717) is 11.3 Å². The fourth-order valence-electron chi connectivity index (χ4n) is 1.97. The van der Waals surface area contributed by atoms with E-state index in [4.69, 9.17) is 5.11 Å². The normalized spacial score (nSPS) is 11.1. The highest BCUT2D eigenvalue weighted by atomic mass is 16.2. The van der Waals surface area contributed by atoms with Crippen LogP contribution in [0.1, 0.15) is 24.0 Å². The van der Waals surface area contributed by atoms with Gasteiger partial charge in [0.1, 0.15) is 6.61 Å². The Balaban J connectivity index is 2.17. The summed E-state index contributed by atoms with van der Waals surface area (Å²) in [6.07, 6.45) is 0. The first-order valence-corrected chi connectivity index (χ1v) is 6.77. The Morgan fingerprint density at radius 1 is 1.14 bits per heavy atom. The SMILES string of the molecule is CC(C(=O)Nc1ccccc1C#CCO)c1ccccc1. The number of nitrogens with one attached hydrogen (secondary N) is 1. The molecule has 106 valence electrons. The molecule has 2 rings (SSSR count). The third-order valence-electron chi connectivity index (χ3n) is 3.18. The molecule has 3 heteroatoms. The van der Waals surface area contributed by atoms with Crippen LogP contribution >= 0.6 is 0 Å². The predicted molar refractivity (Wildman–Crippen MR) is 83.9 cm³/mol. The van der Waals surface area contributed by atoms with Gasteiger partial charge in [-0.3, -0.25) is 4.79 Å². The fourth-order valence-corrected chi connectivity index (χ4v) is 1.97. The molecule has 0 saturated heterocycles. The van der Waals surface area contributed by atoms with Crippen molar-refractivity contribution in [2.45, 2.75) is 12.8 Å². The summed E-state index contributed by atoms with van der Waals surface area (Å²) < 4.78 is 0. The van der Waals surface area contributed by atoms with Crippen molar-refractivity contribution in [3.05, 3.63) is 65.7 Å². The number of benzene rings is 2. The van der Waals surface area contributed by atoms with Crippen molar-refractivity contribution in [2.75, 3.05) is 11.9 Å². The van der Waals surface area contributed by atoms with Crippen LogP contribution in [0.3, 0.4) is 0 Å². The summed E-state index contributed by atoms with van der Waals surface area (Å²) >= 11 is 0. The Hall–Kier alpha value is -2.57. The van der Waals surface area contributed by atoms with E-state index in [9.17, 15) is 4.79 Å². The standard InChI is InChI=1S/C18H17NO2/c1-14(15-8-3-2-4-9-15)18(21)19-17-12-6-5-10-16(17)11-7-13-20/h2-6,8-10,12,14,20H,13H2,1H3,(H,19,21). The number of aliphatic hydroxyl groups is 1. The zero-order valence-electron chi connectivity index (χ0n) is 11.8. The van der Waals surface area contributed by atoms with Crippen LogP contribution in [0.15, 0.2) is 54.6 Å². The van der Waals surface area contributed by atoms with Crippen LogP contribution < -0.4 is 5.32 Å². The number of para-hydroxylation sites is 1. The first kappa shape index (κ1) is 14.8. The zero-order chi connectivity index (χ0) is 15.1. The monoisotopic (exact) mass is 279 g/mol. The van der Waals surface area contributed by atoms with E-state index in [1.54, 1.807) is 6.07 Å². The lowest BCUT2D eigenvalue weighted by molar-refractivity contribution is -0.117. The molecular formula is C18H17NO2. The number of amides is 1. The van der Waals surface area contributed by atoms with E-state index in [0.717, 1.165) is 5.56 Å². The average Bonchev–Trinajstić information content (AvgIpc) is 2.54. The minimum atomic E-state index is -0.245. The molecule has 0 saturated carbocycles. The van der Waals surface area contributed by atoms with Gasteiger partial charge >= 0.3 is 0 Å². The molecule has 1 atom stereocenters. The third kappa shape index (κ3) is 3.95. The molecule has 0 aromatic heterocycles. The Kier molecular flexibility index (Phi) is 5.14. The summed E-state index contributed by atoms with van der Waals surface area (Å²) in [7, 11) is 0. The van der Waals surface area contributed by atoms with Crippen molar-refractivity contribution in [1.29, 1.82) is 0 Å². The lowest BCUT2D eigenvalue weighted by atomic mass is 10.0. The molecule has 2 aromatic carbocycles. The van der Waals surface area contributed by atoms with E-state index in [2.05, 4.69) is 17.2 Å². The van der Waals surface area contributed by atoms with Gasteiger partial charge in [0.05, 0.1) is 11.6 Å². The Labute approximate surface area is 124 Å². The van der Waals surface area contributed by atoms with E-state index >= 15 is 0 Å². The van der Waals surface area contributed by atoms with Gasteiger partial charge in [0, 0.05) is 5.56 Å². The lowest BCUT2D eigenvalue weighted by Gasteiger charge is -2.13. The maximum absolute atomic E-state index is 12.3. The van der Waals surface area contributed by atoms with Crippen molar-refractivity contribution in [3.8, 4) is 11.8 Å². The minimum Gasteiger partial charge on any atom is -0.384 e. The third-order valence-corrected chi connectivity index (χ3v) is 3.18. The van der Waals surface area contributed by atoms with Crippen molar-refractivity contribution >= 4 is 11.6 Å². The lowest BCUT2D eigenvalue weighted by Crippen LogP contribution is -2.19. The molecule has 0 heterocycles. The molecule has 2 N–H and O–H groups in total. The maximum Gasteiger partial charge on any atom is 0.231 e. The van der Waals surface area contributed by atoms with Gasteiger partial charge in [-0.15, -0.1) is 0 Å². The van der Waals surface area contributed by atoms with Gasteiger partial charge in [-0.05, 0) is 24.6 Å². The fraction of sp³-hybridized carbons (Fsp3) is 0.167. The molecule has 1 amide bonds. The number of rotatable bonds is 3. The summed E-state index contributed by atoms with van der Waals surface area (Å²) in [5.41, 5.74) is 2.32. The number of hydrogen-bond donors (Lipinski definition) is 2. The maximum atomic E-state index is 12.3. The number of carbonyl (C=O) groups excluding carboxylic acids is 1. The topological polar surface area (TPSA) is 49.3 Å². The van der Waals surface area contributed by atoms with Gasteiger partial charge < -0.3 is 10.4 Å². The quantitative estimate of drug-likeness (QED) is 0.849. The number of aliphatic hydroxyl groups excluding tert-OH is 1. The van der Waals surface area contributed by atoms with Crippen LogP contribution in [0.25, 0.3) is 0 Å². The molecule has 1 unspecified atom stereocenters. The molecule has 0 aliphatic carbocycles. The molecule has 3 nitrogen and oxygen atoms in total. The number of carbonyl (C=O) groups is 1. The predicted octanol–water partition coefficient (Wildman–Crippen LogP) is 2.77. The van der Waals surface area contributed by atoms with Crippen molar-refractivity contribution in [1.82, 2.24) is 0 Å². The molecule has 0 spiro atoms. The highest BCUT2D eigenvalue weighted by Crippen LogP contribution is 2.19. The Morgan fingerprint density at radius 3 is 2.52 bits per heavy atom. The summed E-state index contributed by atoms with van der Waals surface area (Å²) in [5.74, 6) is 5.10. The summed E-state index contributed by atoms with van der Waals surface area (Å²) in [5, 5.41) is 11.7. The smallest absolute Gasteiger partial charge is 0.231 e. The number of hydrogen-bond acceptors (Lipinski definition) is 2. The second-order valence-corrected chi connectivity index (χ2v) is 4.63. The van der Waals surface area contributed by atoms with Crippen molar-refractivity contribution < 1.29 is 9.90 Å². The Morgan fingerprint density at radius 2 is 1.81 bits per heavy atom. The van der Waals surface area contributed by atoms with Gasteiger partial charge in [0.15, 0.2) is 0 Å². The summed E-state index contributed by atoms with van der Waals surface area (Å²) in [6, 6.07) is 16.9. The largest absolute Gasteiger partial charge is 0.384 e. The van der Waals surface area contributed by atoms with Gasteiger partial charge in [0.25, 0.3) is 0 Å². The van der Waals surface area contributed by atoms with Gasteiger partial charge in [-0.1, -0.05) is 54.3 Å². The van der Waals surface area contributed by atoms with Gasteiger partial charge in [-0.2, -0.15) is 0 Å². The summed E-state index contributed by atoms with van der Waals surface area (Å²) in [4.78, 5) is 12.3. The van der Waals surface area contributed by atoms with E-state index in [-0.39, 0.29) is 18.4 Å². The summed E-state index contributed by atoms with van der Waals surface area (Å²) in [6.45, 7) is 1.66. The van der Waals surface area contributed by atoms with Crippen LogP contribution in [-0.4, -0.2) is 17.6 Å². The van der Waals surface area contributed by atoms with Crippen LogP contribution in [0, 0.1) is 11.8 Å². The minimum absolute atomic E-state index is 0.0838. The second kappa shape index (κ2) is 7.28. The molecule has 0 aliphatic rings. The molecule has 0 radical (unpaired) electrons. The van der Waals surface area contributed by atoms with E-state index in [1.807, 2.05) is 55.5 Å². The van der Waals surface area contributed by atoms with Gasteiger partial charge in [-0.25, -0.2) is 0 Å². The van der Waals surface area contributed by atoms with Crippen LogP contribution in [-0.2, 0) is 4.79 Å². The van der Waals surface area contributed by atoms with E-state index < -0.39 is 0 Å². The van der Waals surface area contributed by atoms with Crippen LogP contribution in [0.5, 0.6) is 0 Å². The molecular weight excluding hydrogens is 262 g/mol. The van der Waals surface area contributed by atoms with Crippen LogP contribution in [0.4, 0.5) is 5.69 Å². The Bertz CT molecular complexity index is 668. The first-order chi connectivity index (χ1) is 10.2. The molecule has 21 heavy (non-hydrogen) atoms. The average molecular weight is 279 g/mol. The number of anilines is 1. The highest BCUT2D eigenvalue weighted by Gasteiger charge is 2.15. The van der Waals surface area contributed by atoms with Crippen LogP contribution in [0.2, 0.25) is 0 Å². The zero-order valence-corrected chi connectivity index (χ0v) is 11.8. The highest BCUT2D eigenvalue weighted by molar-refractivity contribution is 5.96. The molecule has 0 bridgehead atoms. The van der Waals surface area contributed by atoms with Crippen molar-refractivity contribution in [2.24, 2.45) is 0 Å².